The highest BCUT2D eigenvalue weighted by Crippen LogP contribution is 2.19. The summed E-state index contributed by atoms with van der Waals surface area (Å²) in [5, 5.41) is 0. The molecule has 2 rings (SSSR count). The van der Waals surface area contributed by atoms with E-state index < -0.39 is 5.60 Å². The highest BCUT2D eigenvalue weighted by molar-refractivity contribution is 9.10. The van der Waals surface area contributed by atoms with E-state index in [4.69, 9.17) is 4.74 Å². The van der Waals surface area contributed by atoms with Crippen LogP contribution in [0.15, 0.2) is 34.8 Å². The fraction of sp³-hybridized carbons (Fsp3) is 0.412. The minimum absolute atomic E-state index is 0.341. The van der Waals surface area contributed by atoms with Crippen molar-refractivity contribution in [3.63, 3.8) is 0 Å². The lowest BCUT2D eigenvalue weighted by Crippen LogP contribution is -2.37. The molecule has 0 saturated heterocycles. The molecule has 0 unspecified atom stereocenters. The van der Waals surface area contributed by atoms with E-state index in [1.54, 1.807) is 4.90 Å². The molecule has 0 bridgehead atoms. The van der Waals surface area contributed by atoms with Gasteiger partial charge in [0.1, 0.15) is 11.4 Å². The van der Waals surface area contributed by atoms with Crippen molar-refractivity contribution < 1.29 is 9.53 Å². The van der Waals surface area contributed by atoms with Crippen molar-refractivity contribution in [3.8, 4) is 0 Å². The molecule has 1 heterocycles. The van der Waals surface area contributed by atoms with Crippen molar-refractivity contribution >= 4 is 33.1 Å². The Kier molecular flexibility index (Phi) is 5.14. The van der Waals surface area contributed by atoms with Gasteiger partial charge in [-0.15, -0.1) is 0 Å². The summed E-state index contributed by atoms with van der Waals surface area (Å²) in [5.74, 6) is 0.713. The number of hydrogen-bond donors (Lipinski definition) is 1. The van der Waals surface area contributed by atoms with E-state index in [2.05, 4.69) is 32.5 Å². The Morgan fingerprint density at radius 2 is 2.13 bits per heavy atom. The summed E-state index contributed by atoms with van der Waals surface area (Å²) in [6.07, 6.45) is -0.373. The van der Waals surface area contributed by atoms with Crippen LogP contribution in [-0.4, -0.2) is 33.1 Å². The summed E-state index contributed by atoms with van der Waals surface area (Å²) in [6.45, 7) is 12.1. The smallest absolute Gasteiger partial charge is 0.410 e. The first kappa shape index (κ1) is 17.5. The van der Waals surface area contributed by atoms with Gasteiger partial charge in [0, 0.05) is 11.0 Å². The number of H-pyrrole nitrogens is 1. The lowest BCUT2D eigenvalue weighted by Gasteiger charge is -2.27. The molecule has 1 aromatic carbocycles. The molecule has 0 aliphatic carbocycles. The van der Waals surface area contributed by atoms with E-state index in [-0.39, 0.29) is 6.09 Å². The van der Waals surface area contributed by atoms with Gasteiger partial charge in [0.15, 0.2) is 0 Å². The van der Waals surface area contributed by atoms with E-state index >= 15 is 0 Å². The number of carbonyl (C=O) groups is 1. The van der Waals surface area contributed by atoms with Crippen LogP contribution in [0.3, 0.4) is 0 Å². The van der Waals surface area contributed by atoms with E-state index in [1.807, 2.05) is 45.9 Å². The molecule has 0 atom stereocenters. The third-order valence-electron chi connectivity index (χ3n) is 2.95. The number of rotatable bonds is 4. The summed E-state index contributed by atoms with van der Waals surface area (Å²) in [6, 6.07) is 5.82. The summed E-state index contributed by atoms with van der Waals surface area (Å²) < 4.78 is 6.44. The van der Waals surface area contributed by atoms with Crippen LogP contribution in [0.1, 0.15) is 33.5 Å². The van der Waals surface area contributed by atoms with Gasteiger partial charge in [0.25, 0.3) is 0 Å². The minimum atomic E-state index is -0.539. The second-order valence-corrected chi connectivity index (χ2v) is 7.55. The Hall–Kier alpha value is -1.82. The van der Waals surface area contributed by atoms with Crippen molar-refractivity contribution in [2.75, 3.05) is 6.54 Å². The van der Waals surface area contributed by atoms with Crippen molar-refractivity contribution in [2.45, 2.75) is 39.8 Å². The van der Waals surface area contributed by atoms with Crippen LogP contribution < -0.4 is 0 Å². The number of aromatic amines is 1. The number of fused-ring (bicyclic) bond motifs is 1. The molecule has 23 heavy (non-hydrogen) atoms. The molecular weight excluding hydrogens is 358 g/mol. The SMILES string of the molecule is C=C(C)CN(Cc1nc2ccc(Br)cc2[nH]1)C(=O)OC(C)(C)C. The Morgan fingerprint density at radius 3 is 2.74 bits per heavy atom. The summed E-state index contributed by atoms with van der Waals surface area (Å²) >= 11 is 3.44. The summed E-state index contributed by atoms with van der Waals surface area (Å²) in [4.78, 5) is 21.7. The highest BCUT2D eigenvalue weighted by Gasteiger charge is 2.23. The molecule has 0 radical (unpaired) electrons. The second-order valence-electron chi connectivity index (χ2n) is 6.64. The highest BCUT2D eigenvalue weighted by atomic mass is 79.9. The van der Waals surface area contributed by atoms with E-state index in [0.29, 0.717) is 18.9 Å². The maximum absolute atomic E-state index is 12.4. The maximum atomic E-state index is 12.4. The third kappa shape index (κ3) is 5.10. The standard InChI is InChI=1S/C17H22BrN3O2/c1-11(2)9-21(16(22)23-17(3,4)5)10-15-19-13-7-6-12(18)8-14(13)20-15/h6-8H,1,9-10H2,2-5H3,(H,19,20). The number of carbonyl (C=O) groups excluding carboxylic acids is 1. The molecule has 2 aromatic rings. The van der Waals surface area contributed by atoms with Gasteiger partial charge < -0.3 is 9.72 Å². The van der Waals surface area contributed by atoms with Gasteiger partial charge >= 0.3 is 6.09 Å². The number of hydrogen-bond acceptors (Lipinski definition) is 3. The molecule has 0 saturated carbocycles. The topological polar surface area (TPSA) is 58.2 Å². The lowest BCUT2D eigenvalue weighted by atomic mass is 10.2. The number of nitrogens with zero attached hydrogens (tertiary/aromatic N) is 2. The van der Waals surface area contributed by atoms with Gasteiger partial charge in [0.2, 0.25) is 0 Å². The van der Waals surface area contributed by atoms with Crippen LogP contribution in [0.5, 0.6) is 0 Å². The van der Waals surface area contributed by atoms with E-state index in [1.165, 1.54) is 0 Å². The first-order valence-electron chi connectivity index (χ1n) is 7.40. The van der Waals surface area contributed by atoms with Crippen molar-refractivity contribution in [1.82, 2.24) is 14.9 Å². The fourth-order valence-corrected chi connectivity index (χ4v) is 2.49. The molecule has 6 heteroatoms. The molecular formula is C17H22BrN3O2. The monoisotopic (exact) mass is 379 g/mol. The maximum Gasteiger partial charge on any atom is 0.410 e. The van der Waals surface area contributed by atoms with Gasteiger partial charge in [-0.05, 0) is 45.9 Å². The number of aromatic nitrogens is 2. The second kappa shape index (κ2) is 6.74. The van der Waals surface area contributed by atoms with Crippen LogP contribution in [0.25, 0.3) is 11.0 Å². The normalized spacial score (nSPS) is 11.5. The van der Waals surface area contributed by atoms with Gasteiger partial charge in [-0.25, -0.2) is 9.78 Å². The van der Waals surface area contributed by atoms with Crippen LogP contribution in [0.2, 0.25) is 0 Å². The molecule has 0 aliphatic rings. The lowest BCUT2D eigenvalue weighted by molar-refractivity contribution is 0.0247. The van der Waals surface area contributed by atoms with Crippen LogP contribution in [0.4, 0.5) is 4.79 Å². The molecule has 0 aliphatic heterocycles. The molecule has 1 amide bonds. The molecule has 5 nitrogen and oxygen atoms in total. The Labute approximate surface area is 144 Å². The minimum Gasteiger partial charge on any atom is -0.444 e. The zero-order valence-corrected chi connectivity index (χ0v) is 15.5. The zero-order valence-electron chi connectivity index (χ0n) is 13.9. The summed E-state index contributed by atoms with van der Waals surface area (Å²) in [5.41, 5.74) is 2.13. The first-order valence-corrected chi connectivity index (χ1v) is 8.20. The Morgan fingerprint density at radius 1 is 1.43 bits per heavy atom. The van der Waals surface area contributed by atoms with Crippen molar-refractivity contribution in [2.24, 2.45) is 0 Å². The fourth-order valence-electron chi connectivity index (χ4n) is 2.13. The number of benzene rings is 1. The number of nitrogens with one attached hydrogen (secondary N) is 1. The Bertz CT molecular complexity index is 731. The average Bonchev–Trinajstić information content (AvgIpc) is 2.76. The number of imidazole rings is 1. The molecule has 1 N–H and O–H groups in total. The number of amides is 1. The Balaban J connectivity index is 2.21. The largest absolute Gasteiger partial charge is 0.444 e. The van der Waals surface area contributed by atoms with E-state index in [9.17, 15) is 4.79 Å². The van der Waals surface area contributed by atoms with Crippen LogP contribution in [-0.2, 0) is 11.3 Å². The van der Waals surface area contributed by atoms with Crippen LogP contribution in [0, 0.1) is 0 Å². The van der Waals surface area contributed by atoms with E-state index in [0.717, 1.165) is 21.1 Å². The van der Waals surface area contributed by atoms with Gasteiger partial charge in [-0.1, -0.05) is 28.1 Å². The van der Waals surface area contributed by atoms with Crippen LogP contribution >= 0.6 is 15.9 Å². The molecule has 0 fully saturated rings. The van der Waals surface area contributed by atoms with Crippen molar-refractivity contribution in [3.05, 3.63) is 40.6 Å². The third-order valence-corrected chi connectivity index (χ3v) is 3.44. The quantitative estimate of drug-likeness (QED) is 0.787. The van der Waals surface area contributed by atoms with Gasteiger partial charge in [0.05, 0.1) is 17.6 Å². The molecule has 0 spiro atoms. The van der Waals surface area contributed by atoms with Gasteiger partial charge in [-0.2, -0.15) is 0 Å². The zero-order chi connectivity index (χ0) is 17.2. The number of halogens is 1. The molecule has 1 aromatic heterocycles. The summed E-state index contributed by atoms with van der Waals surface area (Å²) in [7, 11) is 0. The average molecular weight is 380 g/mol. The predicted molar refractivity (Wildman–Crippen MR) is 95.3 cm³/mol. The van der Waals surface area contributed by atoms with Gasteiger partial charge in [-0.3, -0.25) is 4.90 Å². The predicted octanol–water partition coefficient (Wildman–Crippen LogP) is 4.64. The number of ether oxygens (including phenoxy) is 1. The first-order chi connectivity index (χ1) is 10.6. The molecule has 124 valence electrons. The van der Waals surface area contributed by atoms with Crippen molar-refractivity contribution in [1.29, 1.82) is 0 Å².